The Hall–Kier alpha value is -0.630. The zero-order valence-corrected chi connectivity index (χ0v) is 14.5. The highest BCUT2D eigenvalue weighted by Crippen LogP contribution is 2.33. The molecule has 1 aromatic carbocycles. The molecule has 0 aliphatic carbocycles. The number of nitrogens with zero attached hydrogens (tertiary/aromatic N) is 1. The maximum Gasteiger partial charge on any atom is 0.247 e. The van der Waals surface area contributed by atoms with Crippen LogP contribution in [0.2, 0.25) is 0 Å². The first-order valence-corrected chi connectivity index (χ1v) is 9.29. The van der Waals surface area contributed by atoms with Gasteiger partial charge in [0.05, 0.1) is 7.11 Å². The Morgan fingerprint density at radius 1 is 1.43 bits per heavy atom. The van der Waals surface area contributed by atoms with E-state index in [2.05, 4.69) is 15.9 Å². The number of ether oxygens (including phenoxy) is 1. The fourth-order valence-corrected chi connectivity index (χ4v) is 5.17. The van der Waals surface area contributed by atoms with E-state index in [1.54, 1.807) is 22.5 Å². The summed E-state index contributed by atoms with van der Waals surface area (Å²) >= 11 is 3.33. The summed E-state index contributed by atoms with van der Waals surface area (Å²) in [5.74, 6) is 0.371. The molecule has 1 heterocycles. The summed E-state index contributed by atoms with van der Waals surface area (Å²) in [6, 6.07) is 5.02. The Balaban J connectivity index is 2.42. The Bertz CT molecular complexity index is 590. The van der Waals surface area contributed by atoms with E-state index in [9.17, 15) is 8.42 Å². The molecular weight excluding hydrogens is 356 g/mol. The molecule has 2 N–H and O–H groups in total. The molecule has 0 spiro atoms. The molecule has 118 valence electrons. The number of sulfonamides is 1. The number of halogens is 1. The van der Waals surface area contributed by atoms with Crippen LogP contribution in [0.3, 0.4) is 0 Å². The maximum atomic E-state index is 13.0. The summed E-state index contributed by atoms with van der Waals surface area (Å²) in [5.41, 5.74) is 5.63. The van der Waals surface area contributed by atoms with Gasteiger partial charge in [-0.05, 0) is 44.0 Å². The van der Waals surface area contributed by atoms with Gasteiger partial charge in [-0.25, -0.2) is 8.42 Å². The van der Waals surface area contributed by atoms with Crippen molar-refractivity contribution >= 4 is 26.0 Å². The summed E-state index contributed by atoms with van der Waals surface area (Å²) in [4.78, 5) is 0.211. The van der Waals surface area contributed by atoms with Crippen LogP contribution in [0.5, 0.6) is 5.75 Å². The summed E-state index contributed by atoms with van der Waals surface area (Å²) in [5, 5.41) is 0. The van der Waals surface area contributed by atoms with Crippen LogP contribution in [-0.2, 0) is 10.0 Å². The van der Waals surface area contributed by atoms with Crippen molar-refractivity contribution in [3.63, 3.8) is 0 Å². The molecule has 7 heteroatoms. The molecule has 2 rings (SSSR count). The molecule has 21 heavy (non-hydrogen) atoms. The highest BCUT2D eigenvalue weighted by molar-refractivity contribution is 9.10. The van der Waals surface area contributed by atoms with E-state index in [1.165, 1.54) is 7.11 Å². The van der Waals surface area contributed by atoms with Gasteiger partial charge in [0.25, 0.3) is 0 Å². The van der Waals surface area contributed by atoms with Gasteiger partial charge in [-0.2, -0.15) is 4.31 Å². The van der Waals surface area contributed by atoms with Crippen molar-refractivity contribution in [2.75, 3.05) is 20.2 Å². The molecule has 0 amide bonds. The molecule has 5 nitrogen and oxygen atoms in total. The lowest BCUT2D eigenvalue weighted by atomic mass is 10.0. The normalized spacial score (nSPS) is 20.4. The van der Waals surface area contributed by atoms with Gasteiger partial charge in [0.2, 0.25) is 10.0 Å². The van der Waals surface area contributed by atoms with E-state index < -0.39 is 10.0 Å². The van der Waals surface area contributed by atoms with E-state index in [4.69, 9.17) is 10.5 Å². The van der Waals surface area contributed by atoms with Crippen LogP contribution in [0.1, 0.15) is 25.7 Å². The van der Waals surface area contributed by atoms with Crippen LogP contribution < -0.4 is 10.5 Å². The number of nitrogens with two attached hydrogens (primary N) is 1. The van der Waals surface area contributed by atoms with Crippen LogP contribution in [-0.4, -0.2) is 39.0 Å². The maximum absolute atomic E-state index is 13.0. The van der Waals surface area contributed by atoms with Gasteiger partial charge in [-0.1, -0.05) is 22.4 Å². The SMILES string of the molecule is COc1ccc(Br)cc1S(=O)(=O)N1CCCCC1CCN. The molecule has 0 saturated carbocycles. The minimum Gasteiger partial charge on any atom is -0.495 e. The Morgan fingerprint density at radius 2 is 2.19 bits per heavy atom. The van der Waals surface area contributed by atoms with Gasteiger partial charge in [-0.15, -0.1) is 0 Å². The van der Waals surface area contributed by atoms with Crippen LogP contribution in [0.4, 0.5) is 0 Å². The first kappa shape index (κ1) is 16.7. The molecular formula is C14H21BrN2O3S. The Kier molecular flexibility index (Phi) is 5.65. The standard InChI is InChI=1S/C14H21BrN2O3S/c1-20-13-6-5-11(15)10-14(13)21(18,19)17-9-3-2-4-12(17)7-8-16/h5-6,10,12H,2-4,7-9,16H2,1H3. The van der Waals surface area contributed by atoms with Gasteiger partial charge < -0.3 is 10.5 Å². The van der Waals surface area contributed by atoms with Crippen LogP contribution in [0.25, 0.3) is 0 Å². The van der Waals surface area contributed by atoms with Crippen molar-refractivity contribution in [3.8, 4) is 5.75 Å². The third-order valence-corrected chi connectivity index (χ3v) is 6.25. The second kappa shape index (κ2) is 7.09. The molecule has 1 atom stereocenters. The lowest BCUT2D eigenvalue weighted by Crippen LogP contribution is -2.44. The average molecular weight is 377 g/mol. The molecule has 1 aromatic rings. The highest BCUT2D eigenvalue weighted by Gasteiger charge is 2.34. The third kappa shape index (κ3) is 3.59. The van der Waals surface area contributed by atoms with Crippen LogP contribution in [0, 0.1) is 0 Å². The van der Waals surface area contributed by atoms with Crippen molar-refractivity contribution in [3.05, 3.63) is 22.7 Å². The molecule has 1 aliphatic rings. The van der Waals surface area contributed by atoms with E-state index in [-0.39, 0.29) is 10.9 Å². The minimum absolute atomic E-state index is 0.0163. The molecule has 1 saturated heterocycles. The predicted octanol–water partition coefficient (Wildman–Crippen LogP) is 2.35. The largest absolute Gasteiger partial charge is 0.495 e. The fraction of sp³-hybridized carbons (Fsp3) is 0.571. The molecule has 0 bridgehead atoms. The monoisotopic (exact) mass is 376 g/mol. The summed E-state index contributed by atoms with van der Waals surface area (Å²) in [6.07, 6.45) is 3.49. The summed E-state index contributed by atoms with van der Waals surface area (Å²) in [6.45, 7) is 1.04. The zero-order valence-electron chi connectivity index (χ0n) is 12.1. The Morgan fingerprint density at radius 3 is 2.86 bits per heavy atom. The minimum atomic E-state index is -3.58. The number of hydrogen-bond acceptors (Lipinski definition) is 4. The average Bonchev–Trinajstić information content (AvgIpc) is 2.48. The summed E-state index contributed by atoms with van der Waals surface area (Å²) < 4.78 is 33.5. The van der Waals surface area contributed by atoms with Crippen LogP contribution in [0.15, 0.2) is 27.6 Å². The molecule has 1 unspecified atom stereocenters. The Labute approximate surface area is 134 Å². The lowest BCUT2D eigenvalue weighted by molar-refractivity contribution is 0.242. The summed E-state index contributed by atoms with van der Waals surface area (Å²) in [7, 11) is -2.09. The predicted molar refractivity (Wildman–Crippen MR) is 85.9 cm³/mol. The number of benzene rings is 1. The molecule has 1 fully saturated rings. The topological polar surface area (TPSA) is 72.6 Å². The van der Waals surface area contributed by atoms with Crippen molar-refractivity contribution in [1.82, 2.24) is 4.31 Å². The molecule has 0 radical (unpaired) electrons. The van der Waals surface area contributed by atoms with Crippen LogP contribution >= 0.6 is 15.9 Å². The van der Waals surface area contributed by atoms with Gasteiger partial charge in [-0.3, -0.25) is 0 Å². The second-order valence-electron chi connectivity index (χ2n) is 5.14. The van der Waals surface area contributed by atoms with Gasteiger partial charge in [0, 0.05) is 17.1 Å². The third-order valence-electron chi connectivity index (χ3n) is 3.79. The first-order valence-electron chi connectivity index (χ1n) is 7.06. The first-order chi connectivity index (χ1) is 10.0. The van der Waals surface area contributed by atoms with E-state index in [0.717, 1.165) is 19.3 Å². The quantitative estimate of drug-likeness (QED) is 0.855. The van der Waals surface area contributed by atoms with Crippen molar-refractivity contribution in [1.29, 1.82) is 0 Å². The molecule has 0 aromatic heterocycles. The van der Waals surface area contributed by atoms with E-state index >= 15 is 0 Å². The number of methoxy groups -OCH3 is 1. The van der Waals surface area contributed by atoms with Gasteiger partial charge in [0.1, 0.15) is 10.6 Å². The lowest BCUT2D eigenvalue weighted by Gasteiger charge is -2.34. The van der Waals surface area contributed by atoms with E-state index in [0.29, 0.717) is 29.7 Å². The number of piperidine rings is 1. The highest BCUT2D eigenvalue weighted by atomic mass is 79.9. The zero-order chi connectivity index (χ0) is 15.5. The second-order valence-corrected chi connectivity index (χ2v) is 7.91. The number of hydrogen-bond donors (Lipinski definition) is 1. The smallest absolute Gasteiger partial charge is 0.247 e. The van der Waals surface area contributed by atoms with Gasteiger partial charge in [0.15, 0.2) is 0 Å². The fourth-order valence-electron chi connectivity index (χ4n) is 2.75. The van der Waals surface area contributed by atoms with Crippen molar-refractivity contribution in [2.45, 2.75) is 36.6 Å². The van der Waals surface area contributed by atoms with Gasteiger partial charge >= 0.3 is 0 Å². The van der Waals surface area contributed by atoms with E-state index in [1.807, 2.05) is 0 Å². The molecule has 1 aliphatic heterocycles. The number of rotatable bonds is 5. The van der Waals surface area contributed by atoms with Crippen molar-refractivity contribution < 1.29 is 13.2 Å². The van der Waals surface area contributed by atoms with Crippen molar-refractivity contribution in [2.24, 2.45) is 5.73 Å².